The molecule has 174 valence electrons. The molecule has 0 spiro atoms. The van der Waals surface area contributed by atoms with Gasteiger partial charge in [0.15, 0.2) is 0 Å². The summed E-state index contributed by atoms with van der Waals surface area (Å²) in [5.74, 6) is -7.19. The molecule has 3 rings (SSSR count). The lowest BCUT2D eigenvalue weighted by molar-refractivity contribution is -0.309. The summed E-state index contributed by atoms with van der Waals surface area (Å²) < 4.78 is 107. The predicted molar refractivity (Wildman–Crippen MR) is 94.2 cm³/mol. The van der Waals surface area contributed by atoms with Crippen molar-refractivity contribution >= 4 is 5.97 Å². The third-order valence-corrected chi connectivity index (χ3v) is 5.43. The van der Waals surface area contributed by atoms with Gasteiger partial charge in [0.05, 0.1) is 11.1 Å². The lowest BCUT2D eigenvalue weighted by Crippen LogP contribution is -2.50. The number of carbonyl (C=O) groups is 1. The molecule has 0 amide bonds. The van der Waals surface area contributed by atoms with Crippen LogP contribution in [0.1, 0.15) is 47.2 Å². The first-order chi connectivity index (χ1) is 14.7. The van der Waals surface area contributed by atoms with Gasteiger partial charge in [-0.05, 0) is 41.8 Å². The third-order valence-electron chi connectivity index (χ3n) is 5.43. The molecule has 32 heavy (non-hydrogen) atoms. The summed E-state index contributed by atoms with van der Waals surface area (Å²) in [5.41, 5.74) is -1.90. The van der Waals surface area contributed by atoms with Crippen molar-refractivity contribution in [3.63, 3.8) is 0 Å². The Morgan fingerprint density at radius 1 is 0.875 bits per heavy atom. The first-order valence-corrected chi connectivity index (χ1v) is 9.36. The number of carboxylic acid groups (broad SMARTS) is 1. The fraction of sp³-hybridized carbons (Fsp3) is 0.381. The number of halogens is 8. The number of aliphatic carboxylic acids is 1. The summed E-state index contributed by atoms with van der Waals surface area (Å²) in [7, 11) is 0. The van der Waals surface area contributed by atoms with Gasteiger partial charge in [0.1, 0.15) is 0 Å². The van der Waals surface area contributed by atoms with Gasteiger partial charge in [-0.2, -0.15) is 26.3 Å². The van der Waals surface area contributed by atoms with E-state index in [2.05, 4.69) is 5.32 Å². The molecule has 0 bridgehead atoms. The highest BCUT2D eigenvalue weighted by Gasteiger charge is 2.50. The van der Waals surface area contributed by atoms with E-state index in [0.29, 0.717) is 12.1 Å². The monoisotopic (exact) mass is 466 g/mol. The van der Waals surface area contributed by atoms with E-state index in [-0.39, 0.29) is 11.1 Å². The van der Waals surface area contributed by atoms with Gasteiger partial charge in [0.25, 0.3) is 5.92 Å². The summed E-state index contributed by atoms with van der Waals surface area (Å²) in [5, 5.41) is 13.9. The zero-order valence-electron chi connectivity index (χ0n) is 16.1. The molecule has 0 radical (unpaired) electrons. The van der Waals surface area contributed by atoms with Gasteiger partial charge in [-0.25, -0.2) is 8.78 Å². The Morgan fingerprint density at radius 3 is 1.72 bits per heavy atom. The molecule has 0 saturated carbocycles. The number of hydrogen-bond acceptors (Lipinski definition) is 3. The van der Waals surface area contributed by atoms with Crippen molar-refractivity contribution in [2.75, 3.05) is 0 Å². The second kappa shape index (κ2) is 8.34. The smallest absolute Gasteiger partial charge is 0.416 e. The minimum Gasteiger partial charge on any atom is -0.550 e. The Labute approximate surface area is 177 Å². The molecule has 1 aliphatic heterocycles. The Hall–Kier alpha value is -2.69. The summed E-state index contributed by atoms with van der Waals surface area (Å²) in [6, 6.07) is 4.27. The van der Waals surface area contributed by atoms with E-state index >= 15 is 0 Å². The highest BCUT2D eigenvalue weighted by Crippen LogP contribution is 2.48. The van der Waals surface area contributed by atoms with Crippen LogP contribution in [0.5, 0.6) is 0 Å². The van der Waals surface area contributed by atoms with Gasteiger partial charge < -0.3 is 15.2 Å². The van der Waals surface area contributed by atoms with Crippen LogP contribution in [0.2, 0.25) is 0 Å². The fourth-order valence-electron chi connectivity index (χ4n) is 3.83. The van der Waals surface area contributed by atoms with Crippen LogP contribution in [0.3, 0.4) is 0 Å². The van der Waals surface area contributed by atoms with Gasteiger partial charge in [-0.3, -0.25) is 0 Å². The van der Waals surface area contributed by atoms with Crippen molar-refractivity contribution in [3.8, 4) is 0 Å². The maximum absolute atomic E-state index is 14.9. The van der Waals surface area contributed by atoms with Gasteiger partial charge in [-0.1, -0.05) is 24.3 Å². The number of carboxylic acids is 1. The van der Waals surface area contributed by atoms with Crippen LogP contribution in [0.4, 0.5) is 35.1 Å². The van der Waals surface area contributed by atoms with Crippen molar-refractivity contribution < 1.29 is 45.0 Å². The van der Waals surface area contributed by atoms with E-state index in [1.807, 2.05) is 0 Å². The zero-order chi connectivity index (χ0) is 23.9. The first kappa shape index (κ1) is 24.0. The van der Waals surface area contributed by atoms with E-state index in [1.54, 1.807) is 0 Å². The summed E-state index contributed by atoms with van der Waals surface area (Å²) in [6.07, 6.45) is -11.3. The van der Waals surface area contributed by atoms with Crippen molar-refractivity contribution in [2.24, 2.45) is 5.92 Å². The minimum absolute atomic E-state index is 0.0134. The molecule has 0 aromatic heterocycles. The summed E-state index contributed by atoms with van der Waals surface area (Å²) in [4.78, 5) is 11.1. The van der Waals surface area contributed by atoms with Crippen LogP contribution in [0.15, 0.2) is 48.5 Å². The van der Waals surface area contributed by atoms with E-state index in [0.717, 1.165) is 36.4 Å². The predicted octanol–water partition coefficient (Wildman–Crippen LogP) is 4.89. The molecule has 1 heterocycles. The molecule has 3 nitrogen and oxygen atoms in total. The Bertz CT molecular complexity index is 952. The highest BCUT2D eigenvalue weighted by atomic mass is 19.4. The molecule has 11 heteroatoms. The van der Waals surface area contributed by atoms with Crippen molar-refractivity contribution in [1.82, 2.24) is 5.32 Å². The number of nitrogens with one attached hydrogen (secondary N) is 1. The van der Waals surface area contributed by atoms with Crippen LogP contribution in [-0.4, -0.2) is 11.9 Å². The number of benzene rings is 2. The molecular formula is C21H16F8NO2-. The first-order valence-electron chi connectivity index (χ1n) is 9.36. The van der Waals surface area contributed by atoms with Gasteiger partial charge in [0.2, 0.25) is 0 Å². The third kappa shape index (κ3) is 5.20. The standard InChI is InChI=1S/C21H17F8NO2/c22-19(23)10-16(11-1-5-13(6-2-11)20(24,25)26)30-18(15(19)9-17(31)32)12-3-7-14(8-4-12)21(27,28)29/h1-8,15-16,18,30H,9-10H2,(H,31,32)/p-1. The summed E-state index contributed by atoms with van der Waals surface area (Å²) >= 11 is 0. The average Bonchev–Trinajstić information content (AvgIpc) is 2.68. The normalized spacial score (nSPS) is 23.7. The van der Waals surface area contributed by atoms with Gasteiger partial charge in [-0.15, -0.1) is 0 Å². The molecule has 1 fully saturated rings. The maximum Gasteiger partial charge on any atom is 0.416 e. The number of rotatable bonds is 4. The Balaban J connectivity index is 1.97. The molecule has 2 aromatic rings. The number of piperidine rings is 1. The Kier molecular flexibility index (Phi) is 6.25. The fourth-order valence-corrected chi connectivity index (χ4v) is 3.83. The van der Waals surface area contributed by atoms with E-state index in [9.17, 15) is 45.0 Å². The van der Waals surface area contributed by atoms with Crippen molar-refractivity contribution in [1.29, 1.82) is 0 Å². The molecule has 1 aliphatic rings. The zero-order valence-corrected chi connectivity index (χ0v) is 16.1. The molecular weight excluding hydrogens is 450 g/mol. The Morgan fingerprint density at radius 2 is 1.31 bits per heavy atom. The largest absolute Gasteiger partial charge is 0.550 e. The quantitative estimate of drug-likeness (QED) is 0.653. The average molecular weight is 466 g/mol. The van der Waals surface area contributed by atoms with Gasteiger partial charge in [0, 0.05) is 30.4 Å². The maximum atomic E-state index is 14.9. The number of carbonyl (C=O) groups excluding carboxylic acids is 1. The summed E-state index contributed by atoms with van der Waals surface area (Å²) in [6.45, 7) is 0. The van der Waals surface area contributed by atoms with Crippen molar-refractivity contribution in [3.05, 3.63) is 70.8 Å². The second-order valence-corrected chi connectivity index (χ2v) is 7.58. The molecule has 3 atom stereocenters. The molecule has 2 aromatic carbocycles. The molecule has 1 N–H and O–H groups in total. The highest BCUT2D eigenvalue weighted by molar-refractivity contribution is 5.65. The van der Waals surface area contributed by atoms with Crippen LogP contribution in [0.25, 0.3) is 0 Å². The van der Waals surface area contributed by atoms with E-state index in [4.69, 9.17) is 0 Å². The lowest BCUT2D eigenvalue weighted by Gasteiger charge is -2.43. The van der Waals surface area contributed by atoms with Crippen LogP contribution in [-0.2, 0) is 17.1 Å². The van der Waals surface area contributed by atoms with Crippen LogP contribution in [0, 0.1) is 5.92 Å². The SMILES string of the molecule is O=C([O-])CC1C(c2ccc(C(F)(F)F)cc2)NC(c2ccc(C(F)(F)F)cc2)CC1(F)F. The van der Waals surface area contributed by atoms with Crippen LogP contribution < -0.4 is 10.4 Å². The lowest BCUT2D eigenvalue weighted by atomic mass is 9.77. The second-order valence-electron chi connectivity index (χ2n) is 7.58. The van der Waals surface area contributed by atoms with E-state index in [1.165, 1.54) is 0 Å². The number of hydrogen-bond donors (Lipinski definition) is 1. The van der Waals surface area contributed by atoms with E-state index < -0.39 is 66.2 Å². The van der Waals surface area contributed by atoms with Crippen LogP contribution >= 0.6 is 0 Å². The molecule has 0 aliphatic carbocycles. The molecule has 1 saturated heterocycles. The van der Waals surface area contributed by atoms with Gasteiger partial charge >= 0.3 is 12.4 Å². The molecule has 3 unspecified atom stereocenters. The minimum atomic E-state index is -4.66. The van der Waals surface area contributed by atoms with Crippen molar-refractivity contribution in [2.45, 2.75) is 43.2 Å². The topological polar surface area (TPSA) is 52.2 Å². The number of alkyl halides is 8.